The average molecular weight is 295 g/mol. The van der Waals surface area contributed by atoms with Crippen LogP contribution in [0.4, 0.5) is 5.69 Å². The van der Waals surface area contributed by atoms with E-state index in [4.69, 9.17) is 0 Å². The molecule has 0 aliphatic carbocycles. The molecule has 2 rings (SSSR count). The molecule has 0 spiro atoms. The van der Waals surface area contributed by atoms with Crippen molar-refractivity contribution in [1.82, 2.24) is 9.78 Å². The summed E-state index contributed by atoms with van der Waals surface area (Å²) >= 11 is 0. The normalized spacial score (nSPS) is 12.2. The van der Waals surface area contributed by atoms with Gasteiger partial charge in [-0.25, -0.2) is 8.42 Å². The van der Waals surface area contributed by atoms with Crippen LogP contribution >= 0.6 is 0 Å². The van der Waals surface area contributed by atoms with E-state index in [0.717, 1.165) is 17.3 Å². The zero-order chi connectivity index (χ0) is 14.8. The van der Waals surface area contributed by atoms with Gasteiger partial charge in [-0.3, -0.25) is 9.40 Å². The third-order valence-electron chi connectivity index (χ3n) is 3.22. The first-order valence-corrected chi connectivity index (χ1v) is 8.45. The summed E-state index contributed by atoms with van der Waals surface area (Å²) in [6, 6.07) is 5.45. The molecule has 0 radical (unpaired) electrons. The highest BCUT2D eigenvalue weighted by molar-refractivity contribution is 7.92. The highest BCUT2D eigenvalue weighted by atomic mass is 32.2. The van der Waals surface area contributed by atoms with Crippen molar-refractivity contribution in [1.29, 1.82) is 0 Å². The molecule has 0 amide bonds. The Bertz CT molecular complexity index is 690. The number of aryl methyl sites for hydroxylation is 1. The van der Waals surface area contributed by atoms with Crippen molar-refractivity contribution in [3.05, 3.63) is 24.4 Å². The molecule has 0 aliphatic rings. The van der Waals surface area contributed by atoms with E-state index in [0.29, 0.717) is 18.0 Å². The average Bonchev–Trinajstić information content (AvgIpc) is 2.70. The van der Waals surface area contributed by atoms with Gasteiger partial charge in [0.15, 0.2) is 0 Å². The maximum Gasteiger partial charge on any atom is 0.232 e. The van der Waals surface area contributed by atoms with Crippen LogP contribution in [-0.4, -0.2) is 24.0 Å². The second-order valence-electron chi connectivity index (χ2n) is 5.50. The molecular formula is C14H21N3O2S. The monoisotopic (exact) mass is 295 g/mol. The summed E-state index contributed by atoms with van der Waals surface area (Å²) in [4.78, 5) is 0. The molecule has 6 heteroatoms. The van der Waals surface area contributed by atoms with Crippen LogP contribution in [0.2, 0.25) is 0 Å². The highest BCUT2D eigenvalue weighted by Crippen LogP contribution is 2.19. The maximum atomic E-state index is 12.0. The van der Waals surface area contributed by atoms with Crippen LogP contribution in [0, 0.1) is 5.92 Å². The summed E-state index contributed by atoms with van der Waals surface area (Å²) in [5.74, 6) is 0.685. The van der Waals surface area contributed by atoms with Crippen LogP contribution in [0.15, 0.2) is 24.4 Å². The van der Waals surface area contributed by atoms with E-state index < -0.39 is 10.0 Å². The molecule has 1 N–H and O–H groups in total. The van der Waals surface area contributed by atoms with Crippen molar-refractivity contribution >= 4 is 26.6 Å². The predicted molar refractivity (Wildman–Crippen MR) is 82.2 cm³/mol. The van der Waals surface area contributed by atoms with Crippen molar-refractivity contribution in [3.63, 3.8) is 0 Å². The quantitative estimate of drug-likeness (QED) is 0.891. The first kappa shape index (κ1) is 14.8. The van der Waals surface area contributed by atoms with Gasteiger partial charge in [-0.05, 0) is 37.0 Å². The second kappa shape index (κ2) is 5.83. The number of nitrogens with one attached hydrogen (secondary N) is 1. The molecule has 0 aliphatic heterocycles. The number of anilines is 1. The Kier molecular flexibility index (Phi) is 4.32. The Labute approximate surface area is 120 Å². The summed E-state index contributed by atoms with van der Waals surface area (Å²) in [7, 11) is -1.44. The number of rotatable bonds is 6. The molecule has 1 aromatic heterocycles. The van der Waals surface area contributed by atoms with Gasteiger partial charge >= 0.3 is 0 Å². The molecule has 0 saturated heterocycles. The van der Waals surface area contributed by atoms with Gasteiger partial charge in [-0.15, -0.1) is 0 Å². The standard InChI is InChI=1S/C14H21N3O2S/c1-11(2)5-4-8-20(18,19)16-13-7-6-12-10-15-17(3)14(12)9-13/h6-7,9-11,16H,4-5,8H2,1-3H3. The second-order valence-corrected chi connectivity index (χ2v) is 7.34. The van der Waals surface area contributed by atoms with Crippen molar-refractivity contribution < 1.29 is 8.42 Å². The van der Waals surface area contributed by atoms with Gasteiger partial charge in [0, 0.05) is 12.4 Å². The molecule has 20 heavy (non-hydrogen) atoms. The number of hydrogen-bond acceptors (Lipinski definition) is 3. The van der Waals surface area contributed by atoms with Crippen LogP contribution in [0.25, 0.3) is 10.9 Å². The fraction of sp³-hybridized carbons (Fsp3) is 0.500. The SMILES string of the molecule is CC(C)CCCS(=O)(=O)Nc1ccc2cnn(C)c2c1. The van der Waals surface area contributed by atoms with Crippen molar-refractivity contribution in [2.24, 2.45) is 13.0 Å². The number of sulfonamides is 1. The first-order valence-electron chi connectivity index (χ1n) is 6.79. The van der Waals surface area contributed by atoms with E-state index in [1.54, 1.807) is 16.9 Å². The van der Waals surface area contributed by atoms with Gasteiger partial charge < -0.3 is 0 Å². The molecule has 5 nitrogen and oxygen atoms in total. The molecule has 0 atom stereocenters. The van der Waals surface area contributed by atoms with Gasteiger partial charge in [0.2, 0.25) is 10.0 Å². The van der Waals surface area contributed by atoms with Crippen LogP contribution in [-0.2, 0) is 17.1 Å². The van der Waals surface area contributed by atoms with Crippen molar-refractivity contribution in [3.8, 4) is 0 Å². The summed E-state index contributed by atoms with van der Waals surface area (Å²) in [5.41, 5.74) is 1.50. The fourth-order valence-electron chi connectivity index (χ4n) is 2.12. The van der Waals surface area contributed by atoms with Crippen molar-refractivity contribution in [2.75, 3.05) is 10.5 Å². The lowest BCUT2D eigenvalue weighted by molar-refractivity contribution is 0.562. The number of fused-ring (bicyclic) bond motifs is 1. The van der Waals surface area contributed by atoms with Gasteiger partial charge in [0.05, 0.1) is 23.2 Å². The molecule has 0 saturated carbocycles. The lowest BCUT2D eigenvalue weighted by atomic mass is 10.1. The zero-order valence-electron chi connectivity index (χ0n) is 12.1. The highest BCUT2D eigenvalue weighted by Gasteiger charge is 2.11. The zero-order valence-corrected chi connectivity index (χ0v) is 12.9. The topological polar surface area (TPSA) is 64.0 Å². The minimum absolute atomic E-state index is 0.161. The van der Waals surface area contributed by atoms with Crippen molar-refractivity contribution in [2.45, 2.75) is 26.7 Å². The lowest BCUT2D eigenvalue weighted by Gasteiger charge is -2.09. The van der Waals surface area contributed by atoms with E-state index in [2.05, 4.69) is 23.7 Å². The Morgan fingerprint density at radius 1 is 1.35 bits per heavy atom. The molecule has 0 unspecified atom stereocenters. The smallest absolute Gasteiger partial charge is 0.232 e. The number of nitrogens with zero attached hydrogens (tertiary/aromatic N) is 2. The molecule has 0 bridgehead atoms. The Hall–Kier alpha value is -1.56. The summed E-state index contributed by atoms with van der Waals surface area (Å²) < 4.78 is 28.4. The minimum Gasteiger partial charge on any atom is -0.283 e. The maximum absolute atomic E-state index is 12.0. The van der Waals surface area contributed by atoms with Crippen LogP contribution in [0.5, 0.6) is 0 Å². The molecule has 2 aromatic rings. The lowest BCUT2D eigenvalue weighted by Crippen LogP contribution is -2.17. The Morgan fingerprint density at radius 3 is 2.80 bits per heavy atom. The van der Waals surface area contributed by atoms with Crippen LogP contribution in [0.3, 0.4) is 0 Å². The van der Waals surface area contributed by atoms with E-state index in [1.165, 1.54) is 0 Å². The largest absolute Gasteiger partial charge is 0.283 e. The fourth-order valence-corrected chi connectivity index (χ4v) is 3.25. The number of benzene rings is 1. The van der Waals surface area contributed by atoms with E-state index >= 15 is 0 Å². The third-order valence-corrected chi connectivity index (χ3v) is 4.59. The minimum atomic E-state index is -3.27. The third kappa shape index (κ3) is 3.72. The van der Waals surface area contributed by atoms with Crippen LogP contribution in [0.1, 0.15) is 26.7 Å². The van der Waals surface area contributed by atoms with Gasteiger partial charge in [0.25, 0.3) is 0 Å². The summed E-state index contributed by atoms with van der Waals surface area (Å²) in [6.45, 7) is 4.19. The summed E-state index contributed by atoms with van der Waals surface area (Å²) in [5, 5.41) is 5.14. The first-order chi connectivity index (χ1) is 9.37. The molecule has 0 fully saturated rings. The molecule has 1 heterocycles. The van der Waals surface area contributed by atoms with E-state index in [-0.39, 0.29) is 5.75 Å². The molecular weight excluding hydrogens is 274 g/mol. The number of hydrogen-bond donors (Lipinski definition) is 1. The van der Waals surface area contributed by atoms with E-state index in [1.807, 2.05) is 19.2 Å². The molecule has 1 aromatic carbocycles. The Morgan fingerprint density at radius 2 is 2.10 bits per heavy atom. The van der Waals surface area contributed by atoms with E-state index in [9.17, 15) is 8.42 Å². The molecule has 110 valence electrons. The van der Waals surface area contributed by atoms with Crippen LogP contribution < -0.4 is 4.72 Å². The predicted octanol–water partition coefficient (Wildman–Crippen LogP) is 2.75. The Balaban J connectivity index is 2.08. The summed E-state index contributed by atoms with van der Waals surface area (Å²) in [6.07, 6.45) is 3.36. The van der Waals surface area contributed by atoms with Gasteiger partial charge in [-0.1, -0.05) is 13.8 Å². The number of aromatic nitrogens is 2. The van der Waals surface area contributed by atoms with Gasteiger partial charge in [0.1, 0.15) is 0 Å². The van der Waals surface area contributed by atoms with Gasteiger partial charge in [-0.2, -0.15) is 5.10 Å².